The van der Waals surface area contributed by atoms with Crippen LogP contribution in [0.1, 0.15) is 50.5 Å². The Bertz CT molecular complexity index is 1730. The Morgan fingerprint density at radius 1 is 1.08 bits per heavy atom. The molecule has 0 unspecified atom stereocenters. The van der Waals surface area contributed by atoms with Crippen LogP contribution in [0.2, 0.25) is 0 Å². The lowest BCUT2D eigenvalue weighted by Gasteiger charge is -2.30. The Morgan fingerprint density at radius 3 is 2.67 bits per heavy atom. The number of pyridine rings is 3. The Morgan fingerprint density at radius 2 is 1.92 bits per heavy atom. The van der Waals surface area contributed by atoms with Gasteiger partial charge < -0.3 is 9.47 Å². The number of rotatable bonds is 5. The Kier molecular flexibility index (Phi) is 6.15. The third-order valence-corrected chi connectivity index (χ3v) is 7.14. The molecule has 4 heterocycles. The highest BCUT2D eigenvalue weighted by Gasteiger charge is 2.31. The summed E-state index contributed by atoms with van der Waals surface area (Å²) in [4.78, 5) is 27.3. The molecular formula is C33H31N3O3. The molecule has 2 aromatic carbocycles. The van der Waals surface area contributed by atoms with Gasteiger partial charge in [-0.3, -0.25) is 14.8 Å². The molecule has 0 fully saturated rings. The van der Waals surface area contributed by atoms with Gasteiger partial charge in [-0.15, -0.1) is 0 Å². The molecule has 6 rings (SSSR count). The zero-order valence-electron chi connectivity index (χ0n) is 22.9. The molecule has 0 radical (unpaired) electrons. The lowest BCUT2D eigenvalue weighted by Crippen LogP contribution is -2.27. The minimum absolute atomic E-state index is 0.0485. The van der Waals surface area contributed by atoms with Crippen LogP contribution in [-0.2, 0) is 16.0 Å². The summed E-state index contributed by atoms with van der Waals surface area (Å²) in [5.41, 5.74) is 7.80. The first kappa shape index (κ1) is 25.1. The number of hydrogen-bond acceptors (Lipinski definition) is 6. The van der Waals surface area contributed by atoms with Crippen molar-refractivity contribution in [2.75, 3.05) is 6.61 Å². The van der Waals surface area contributed by atoms with E-state index in [9.17, 15) is 4.79 Å². The zero-order valence-corrected chi connectivity index (χ0v) is 22.9. The van der Waals surface area contributed by atoms with Crippen LogP contribution in [-0.4, -0.2) is 32.9 Å². The van der Waals surface area contributed by atoms with Gasteiger partial charge in [0, 0.05) is 46.9 Å². The van der Waals surface area contributed by atoms with Gasteiger partial charge in [-0.05, 0) is 99.3 Å². The van der Waals surface area contributed by atoms with E-state index in [0.29, 0.717) is 6.61 Å². The van der Waals surface area contributed by atoms with Crippen LogP contribution in [0.25, 0.3) is 44.2 Å². The number of fused-ring (bicyclic) bond motifs is 1. The average molecular weight is 518 g/mol. The van der Waals surface area contributed by atoms with Crippen LogP contribution >= 0.6 is 0 Å². The summed E-state index contributed by atoms with van der Waals surface area (Å²) in [6.45, 7) is 10.2. The first-order valence-corrected chi connectivity index (χ1v) is 13.3. The fourth-order valence-corrected chi connectivity index (χ4v) is 5.53. The Labute approximate surface area is 228 Å². The molecule has 6 heteroatoms. The number of aromatic nitrogens is 3. The van der Waals surface area contributed by atoms with Gasteiger partial charge in [0.15, 0.2) is 5.78 Å². The van der Waals surface area contributed by atoms with Crippen molar-refractivity contribution in [1.29, 1.82) is 0 Å². The number of carbonyl (C=O) groups excluding carboxylic acids is 1. The van der Waals surface area contributed by atoms with Crippen molar-refractivity contribution in [3.05, 3.63) is 83.8 Å². The molecule has 0 bridgehead atoms. The highest BCUT2D eigenvalue weighted by Crippen LogP contribution is 2.45. The van der Waals surface area contributed by atoms with Crippen molar-refractivity contribution in [1.82, 2.24) is 15.0 Å². The highest BCUT2D eigenvalue weighted by atomic mass is 16.5. The maximum absolute atomic E-state index is 13.2. The van der Waals surface area contributed by atoms with Gasteiger partial charge in [0.2, 0.25) is 0 Å². The summed E-state index contributed by atoms with van der Waals surface area (Å²) in [7, 11) is 0. The summed E-state index contributed by atoms with van der Waals surface area (Å²) >= 11 is 0. The SMILES string of the molecule is CC(=O)[C@@H](OC(C)(C)C)c1c(C)cc2nc(-c3cccnc3)ccc2c1-c1ccc2c3c(ccnc13)CCO2. The molecule has 6 nitrogen and oxygen atoms in total. The van der Waals surface area contributed by atoms with E-state index in [1.165, 1.54) is 5.56 Å². The van der Waals surface area contributed by atoms with Gasteiger partial charge >= 0.3 is 0 Å². The van der Waals surface area contributed by atoms with Gasteiger partial charge in [-0.25, -0.2) is 4.98 Å². The molecule has 0 N–H and O–H groups in total. The molecule has 1 aliphatic rings. The van der Waals surface area contributed by atoms with E-state index in [-0.39, 0.29) is 5.78 Å². The second-order valence-corrected chi connectivity index (χ2v) is 11.1. The normalized spacial score (nSPS) is 13.9. The largest absolute Gasteiger partial charge is 0.493 e. The first-order chi connectivity index (χ1) is 18.7. The van der Waals surface area contributed by atoms with E-state index in [0.717, 1.165) is 67.5 Å². The third kappa shape index (κ3) is 4.55. The van der Waals surface area contributed by atoms with Crippen molar-refractivity contribution in [3.8, 4) is 28.1 Å². The molecule has 0 spiro atoms. The summed E-state index contributed by atoms with van der Waals surface area (Å²) in [5, 5.41) is 1.96. The van der Waals surface area contributed by atoms with E-state index in [1.54, 1.807) is 13.1 Å². The molecule has 0 amide bonds. The first-order valence-electron chi connectivity index (χ1n) is 13.3. The Hall–Kier alpha value is -4.16. The number of benzene rings is 2. The van der Waals surface area contributed by atoms with E-state index in [4.69, 9.17) is 19.4 Å². The van der Waals surface area contributed by atoms with Crippen LogP contribution in [0.3, 0.4) is 0 Å². The molecule has 5 aromatic rings. The molecule has 0 saturated carbocycles. The fourth-order valence-electron chi connectivity index (χ4n) is 5.53. The van der Waals surface area contributed by atoms with Crippen molar-refractivity contribution in [2.24, 2.45) is 0 Å². The van der Waals surface area contributed by atoms with Crippen LogP contribution in [0.4, 0.5) is 0 Å². The second kappa shape index (κ2) is 9.54. The van der Waals surface area contributed by atoms with Crippen molar-refractivity contribution in [3.63, 3.8) is 0 Å². The number of Topliss-reactive ketones (excluding diaryl/α,β-unsaturated/α-hetero) is 1. The Balaban J connectivity index is 1.70. The molecular weight excluding hydrogens is 486 g/mol. The standard InChI is InChI=1S/C33H31N3O3/c1-19-17-26-23(8-10-25(36-26)22-7-6-14-34-18-22)30(28(19)32(20(2)37)39-33(3,4)5)24-9-11-27-29-21(13-16-38-27)12-15-35-31(24)29/h6-12,14-15,17-18,32H,13,16H2,1-5H3/t32-/m1/s1. The van der Waals surface area contributed by atoms with Crippen LogP contribution in [0.5, 0.6) is 5.75 Å². The third-order valence-electron chi connectivity index (χ3n) is 7.14. The summed E-state index contributed by atoms with van der Waals surface area (Å²) in [5.74, 6) is 0.792. The topological polar surface area (TPSA) is 74.2 Å². The van der Waals surface area contributed by atoms with Crippen LogP contribution in [0.15, 0.2) is 67.1 Å². The minimum atomic E-state index is -0.746. The minimum Gasteiger partial charge on any atom is -0.493 e. The van der Waals surface area contributed by atoms with E-state index in [1.807, 2.05) is 64.4 Å². The number of nitrogens with zero attached hydrogens (tertiary/aromatic N) is 3. The highest BCUT2D eigenvalue weighted by molar-refractivity contribution is 6.08. The van der Waals surface area contributed by atoms with Gasteiger partial charge in [0.25, 0.3) is 0 Å². The predicted octanol–water partition coefficient (Wildman–Crippen LogP) is 7.20. The summed E-state index contributed by atoms with van der Waals surface area (Å²) < 4.78 is 12.4. The molecule has 39 heavy (non-hydrogen) atoms. The fraction of sp³-hybridized carbons (Fsp3) is 0.273. The van der Waals surface area contributed by atoms with E-state index < -0.39 is 11.7 Å². The number of carbonyl (C=O) groups is 1. The summed E-state index contributed by atoms with van der Waals surface area (Å²) in [6.07, 6.45) is 5.52. The molecule has 1 atom stereocenters. The second-order valence-electron chi connectivity index (χ2n) is 11.1. The summed E-state index contributed by atoms with van der Waals surface area (Å²) in [6, 6.07) is 16.2. The van der Waals surface area contributed by atoms with Crippen molar-refractivity contribution >= 4 is 27.6 Å². The monoisotopic (exact) mass is 517 g/mol. The van der Waals surface area contributed by atoms with Gasteiger partial charge in [-0.1, -0.05) is 6.07 Å². The van der Waals surface area contributed by atoms with Gasteiger partial charge in [0.1, 0.15) is 11.9 Å². The molecule has 196 valence electrons. The maximum Gasteiger partial charge on any atom is 0.163 e. The van der Waals surface area contributed by atoms with Gasteiger partial charge in [-0.2, -0.15) is 0 Å². The zero-order chi connectivity index (χ0) is 27.3. The lowest BCUT2D eigenvalue weighted by atomic mass is 9.85. The molecule has 3 aromatic heterocycles. The predicted molar refractivity (Wildman–Crippen MR) is 154 cm³/mol. The number of hydrogen-bond donors (Lipinski definition) is 0. The maximum atomic E-state index is 13.2. The molecule has 0 saturated heterocycles. The quantitative estimate of drug-likeness (QED) is 0.245. The number of ketones is 1. The van der Waals surface area contributed by atoms with Crippen LogP contribution in [0, 0.1) is 6.92 Å². The molecule has 0 aliphatic carbocycles. The van der Waals surface area contributed by atoms with Crippen LogP contribution < -0.4 is 4.74 Å². The lowest BCUT2D eigenvalue weighted by molar-refractivity contribution is -0.138. The van der Waals surface area contributed by atoms with E-state index in [2.05, 4.69) is 29.2 Å². The number of aryl methyl sites for hydroxylation is 1. The average Bonchev–Trinajstić information content (AvgIpc) is 2.91. The number of ether oxygens (including phenoxy) is 2. The van der Waals surface area contributed by atoms with Gasteiger partial charge in [0.05, 0.1) is 28.9 Å². The molecule has 1 aliphatic heterocycles. The van der Waals surface area contributed by atoms with Crippen molar-refractivity contribution in [2.45, 2.75) is 52.7 Å². The van der Waals surface area contributed by atoms with E-state index >= 15 is 0 Å². The smallest absolute Gasteiger partial charge is 0.163 e. The van der Waals surface area contributed by atoms with Crippen molar-refractivity contribution < 1.29 is 14.3 Å².